The van der Waals surface area contributed by atoms with Gasteiger partial charge in [0.25, 0.3) is 0 Å². The van der Waals surface area contributed by atoms with Crippen molar-refractivity contribution in [3.63, 3.8) is 0 Å². The van der Waals surface area contributed by atoms with Crippen molar-refractivity contribution in [3.8, 4) is 0 Å². The van der Waals surface area contributed by atoms with Crippen molar-refractivity contribution in [2.24, 2.45) is 0 Å². The van der Waals surface area contributed by atoms with Gasteiger partial charge in [-0.25, -0.2) is 9.59 Å². The first-order valence-corrected chi connectivity index (χ1v) is 1.77. The van der Waals surface area contributed by atoms with Crippen molar-refractivity contribution in [3.05, 3.63) is 12.2 Å². The number of hydrogen-bond acceptors (Lipinski definition) is 2. The van der Waals surface area contributed by atoms with Crippen molar-refractivity contribution in [1.29, 1.82) is 0 Å². The summed E-state index contributed by atoms with van der Waals surface area (Å²) in [6.07, 6.45) is 1.12. The molecule has 0 fully saturated rings. The molecule has 10 heavy (non-hydrogen) atoms. The van der Waals surface area contributed by atoms with Crippen LogP contribution in [0.15, 0.2) is 12.2 Å². The van der Waals surface area contributed by atoms with E-state index < -0.39 is 11.9 Å². The van der Waals surface area contributed by atoms with Gasteiger partial charge in [-0.3, -0.25) is 0 Å². The molecule has 0 spiro atoms. The SMILES string of the molecule is O=C(O)/C=C\C(=O)O.[CaH2].[NaH]. The number of hydrogen-bond donors (Lipinski definition) is 2. The molecule has 50 valence electrons. The minimum atomic E-state index is -1.26. The zero-order valence-electron chi connectivity index (χ0n) is 3.87. The number of carboxylic acid groups (broad SMARTS) is 2. The maximum absolute atomic E-state index is 9.55. The molecule has 0 bridgehead atoms. The third-order valence-corrected chi connectivity index (χ3v) is 0.368. The molecular formula is C4H7CaNaO4. The molecule has 4 nitrogen and oxygen atoms in total. The third kappa shape index (κ3) is 16.0. The van der Waals surface area contributed by atoms with Crippen molar-refractivity contribution >= 4 is 79.2 Å². The second-order valence-electron chi connectivity index (χ2n) is 1.01. The van der Waals surface area contributed by atoms with E-state index in [1.807, 2.05) is 0 Å². The molecule has 0 aliphatic rings. The predicted molar refractivity (Wildman–Crippen MR) is 40.1 cm³/mol. The summed E-state index contributed by atoms with van der Waals surface area (Å²) < 4.78 is 0. The first kappa shape index (κ1) is 17.1. The molecule has 0 radical (unpaired) electrons. The monoisotopic (exact) mass is 182 g/mol. The Hall–Kier alpha value is 0.940. The normalized spacial score (nSPS) is 7.60. The van der Waals surface area contributed by atoms with Gasteiger partial charge in [0.05, 0.1) is 0 Å². The van der Waals surface area contributed by atoms with E-state index in [4.69, 9.17) is 10.2 Å². The van der Waals surface area contributed by atoms with E-state index in [0.29, 0.717) is 12.2 Å². The maximum atomic E-state index is 9.55. The van der Waals surface area contributed by atoms with Gasteiger partial charge < -0.3 is 10.2 Å². The molecule has 0 aromatic heterocycles. The molecule has 0 heterocycles. The van der Waals surface area contributed by atoms with E-state index in [0.717, 1.165) is 0 Å². The van der Waals surface area contributed by atoms with Gasteiger partial charge in [-0.1, -0.05) is 0 Å². The van der Waals surface area contributed by atoms with Crippen molar-refractivity contribution < 1.29 is 19.8 Å². The molecule has 0 saturated heterocycles. The van der Waals surface area contributed by atoms with E-state index in [2.05, 4.69) is 0 Å². The fraction of sp³-hybridized carbons (Fsp3) is 0. The molecule has 0 atom stereocenters. The fourth-order valence-corrected chi connectivity index (χ4v) is 0.143. The van der Waals surface area contributed by atoms with Gasteiger partial charge >= 0.3 is 79.2 Å². The number of carbonyl (C=O) groups is 2. The first-order valence-electron chi connectivity index (χ1n) is 1.77. The van der Waals surface area contributed by atoms with Gasteiger partial charge in [-0.2, -0.15) is 0 Å². The molecule has 0 aliphatic heterocycles. The molecule has 0 saturated carbocycles. The molecule has 6 heteroatoms. The van der Waals surface area contributed by atoms with Gasteiger partial charge in [-0.15, -0.1) is 0 Å². The van der Waals surface area contributed by atoms with Crippen LogP contribution >= 0.6 is 0 Å². The zero-order valence-corrected chi connectivity index (χ0v) is 3.87. The topological polar surface area (TPSA) is 74.6 Å². The van der Waals surface area contributed by atoms with E-state index >= 15 is 0 Å². The minimum absolute atomic E-state index is 0. The summed E-state index contributed by atoms with van der Waals surface area (Å²) in [5, 5.41) is 15.6. The van der Waals surface area contributed by atoms with Crippen LogP contribution in [-0.2, 0) is 9.59 Å². The van der Waals surface area contributed by atoms with Gasteiger partial charge in [0.1, 0.15) is 0 Å². The van der Waals surface area contributed by atoms with E-state index in [1.54, 1.807) is 0 Å². The summed E-state index contributed by atoms with van der Waals surface area (Å²) in [4.78, 5) is 19.1. The molecule has 0 aromatic carbocycles. The summed E-state index contributed by atoms with van der Waals surface area (Å²) in [5.41, 5.74) is 0. The van der Waals surface area contributed by atoms with Crippen LogP contribution in [0.2, 0.25) is 0 Å². The Balaban J connectivity index is -0.000000245. The standard InChI is InChI=1S/C4H4O4.Ca.Na.3H/c5-3(6)1-2-4(7)8;;;;;/h1-2H,(H,5,6)(H,7,8);;;;;/b2-1-;;;;;. The van der Waals surface area contributed by atoms with Gasteiger partial charge in [0.15, 0.2) is 0 Å². The molecule has 0 amide bonds. The second-order valence-corrected chi connectivity index (χ2v) is 1.01. The molecule has 0 aromatic rings. The quantitative estimate of drug-likeness (QED) is 0.388. The Labute approximate surface area is 110 Å². The molecular weight excluding hydrogens is 175 g/mol. The van der Waals surface area contributed by atoms with Crippen LogP contribution < -0.4 is 0 Å². The predicted octanol–water partition coefficient (Wildman–Crippen LogP) is -1.85. The number of rotatable bonds is 2. The first-order chi connectivity index (χ1) is 3.63. The Morgan fingerprint density at radius 2 is 1.20 bits per heavy atom. The van der Waals surface area contributed by atoms with Gasteiger partial charge in [0, 0.05) is 12.2 Å². The Morgan fingerprint density at radius 3 is 1.30 bits per heavy atom. The Bertz CT molecular complexity index is 128. The number of carboxylic acids is 2. The van der Waals surface area contributed by atoms with Crippen LogP contribution in [0.25, 0.3) is 0 Å². The van der Waals surface area contributed by atoms with Crippen LogP contribution in [0, 0.1) is 0 Å². The Kier molecular flexibility index (Phi) is 17.0. The van der Waals surface area contributed by atoms with Crippen LogP contribution in [-0.4, -0.2) is 89.4 Å². The zero-order chi connectivity index (χ0) is 6.57. The molecule has 0 unspecified atom stereocenters. The summed E-state index contributed by atoms with van der Waals surface area (Å²) in [5.74, 6) is -2.51. The van der Waals surface area contributed by atoms with Crippen LogP contribution in [0.4, 0.5) is 0 Å². The Morgan fingerprint density at radius 1 is 1.00 bits per heavy atom. The molecule has 0 rings (SSSR count). The summed E-state index contributed by atoms with van der Waals surface area (Å²) >= 11 is 0. The molecule has 2 N–H and O–H groups in total. The summed E-state index contributed by atoms with van der Waals surface area (Å²) in [6.45, 7) is 0. The van der Waals surface area contributed by atoms with E-state index in [-0.39, 0.29) is 67.3 Å². The van der Waals surface area contributed by atoms with Gasteiger partial charge in [0.2, 0.25) is 0 Å². The third-order valence-electron chi connectivity index (χ3n) is 0.368. The second kappa shape index (κ2) is 9.94. The van der Waals surface area contributed by atoms with Crippen molar-refractivity contribution in [1.82, 2.24) is 0 Å². The average molecular weight is 182 g/mol. The average Bonchev–Trinajstić information content (AvgIpc) is 1.61. The number of aliphatic carboxylic acids is 2. The van der Waals surface area contributed by atoms with E-state index in [9.17, 15) is 9.59 Å². The summed E-state index contributed by atoms with van der Waals surface area (Å²) in [7, 11) is 0. The van der Waals surface area contributed by atoms with Crippen LogP contribution in [0.5, 0.6) is 0 Å². The van der Waals surface area contributed by atoms with Crippen LogP contribution in [0.3, 0.4) is 0 Å². The fourth-order valence-electron chi connectivity index (χ4n) is 0.143. The van der Waals surface area contributed by atoms with Crippen molar-refractivity contribution in [2.75, 3.05) is 0 Å². The molecule has 0 aliphatic carbocycles. The van der Waals surface area contributed by atoms with Crippen molar-refractivity contribution in [2.45, 2.75) is 0 Å². The van der Waals surface area contributed by atoms with Gasteiger partial charge in [-0.05, 0) is 0 Å². The van der Waals surface area contributed by atoms with E-state index in [1.165, 1.54) is 0 Å². The summed E-state index contributed by atoms with van der Waals surface area (Å²) in [6, 6.07) is 0. The van der Waals surface area contributed by atoms with Crippen LogP contribution in [0.1, 0.15) is 0 Å².